The number of unbranched alkanes of at least 4 members (excludes halogenated alkanes) is 2. The van der Waals surface area contributed by atoms with Gasteiger partial charge in [-0.1, -0.05) is 63.1 Å². The fraction of sp³-hybridized carbons (Fsp3) is 0.286. The van der Waals surface area contributed by atoms with E-state index in [1.807, 2.05) is 24.3 Å². The molecule has 3 aromatic carbocycles. The quantitative estimate of drug-likeness (QED) is 0.262. The lowest BCUT2D eigenvalue weighted by Crippen LogP contribution is -2.12. The molecule has 0 heterocycles. The third-order valence-corrected chi connectivity index (χ3v) is 5.27. The van der Waals surface area contributed by atoms with E-state index in [0.29, 0.717) is 11.1 Å². The lowest BCUT2D eigenvalue weighted by molar-refractivity contribution is 0.0682. The van der Waals surface area contributed by atoms with Crippen LogP contribution in [0.5, 0.6) is 11.5 Å². The molecule has 0 bridgehead atoms. The van der Waals surface area contributed by atoms with Crippen LogP contribution in [0.15, 0.2) is 72.8 Å². The van der Waals surface area contributed by atoms with Gasteiger partial charge in [0.15, 0.2) is 11.5 Å². The fourth-order valence-electron chi connectivity index (χ4n) is 3.31. The van der Waals surface area contributed by atoms with Crippen LogP contribution in [-0.4, -0.2) is 11.9 Å². The van der Waals surface area contributed by atoms with Crippen LogP contribution in [0.1, 0.15) is 71.4 Å². The summed E-state index contributed by atoms with van der Waals surface area (Å²) in [4.78, 5) is 25.2. The van der Waals surface area contributed by atoms with Gasteiger partial charge in [-0.15, -0.1) is 0 Å². The van der Waals surface area contributed by atoms with E-state index in [4.69, 9.17) is 9.47 Å². The largest absolute Gasteiger partial charge is 0.419 e. The molecule has 3 aromatic rings. The average Bonchev–Trinajstić information content (AvgIpc) is 2.83. The normalized spacial score (nSPS) is 10.6. The molecule has 32 heavy (non-hydrogen) atoms. The maximum absolute atomic E-state index is 12.6. The predicted molar refractivity (Wildman–Crippen MR) is 126 cm³/mol. The zero-order chi connectivity index (χ0) is 22.8. The van der Waals surface area contributed by atoms with E-state index in [1.54, 1.807) is 48.5 Å². The third kappa shape index (κ3) is 6.55. The summed E-state index contributed by atoms with van der Waals surface area (Å²) >= 11 is 0. The van der Waals surface area contributed by atoms with E-state index in [1.165, 1.54) is 11.1 Å². The van der Waals surface area contributed by atoms with Crippen LogP contribution in [0.3, 0.4) is 0 Å². The number of esters is 2. The van der Waals surface area contributed by atoms with Gasteiger partial charge >= 0.3 is 11.9 Å². The van der Waals surface area contributed by atoms with E-state index < -0.39 is 11.9 Å². The van der Waals surface area contributed by atoms with Crippen molar-refractivity contribution in [2.24, 2.45) is 0 Å². The Morgan fingerprint density at radius 2 is 0.969 bits per heavy atom. The second-order valence-electron chi connectivity index (χ2n) is 7.83. The van der Waals surface area contributed by atoms with E-state index in [9.17, 15) is 9.59 Å². The van der Waals surface area contributed by atoms with Gasteiger partial charge in [-0.05, 0) is 73.2 Å². The maximum atomic E-state index is 12.6. The summed E-state index contributed by atoms with van der Waals surface area (Å²) in [5.41, 5.74) is 3.29. The Bertz CT molecular complexity index is 936. The maximum Gasteiger partial charge on any atom is 0.343 e. The van der Waals surface area contributed by atoms with Crippen LogP contribution in [0.2, 0.25) is 0 Å². The van der Waals surface area contributed by atoms with E-state index in [0.717, 1.165) is 38.5 Å². The summed E-state index contributed by atoms with van der Waals surface area (Å²) in [5, 5.41) is 0. The molecule has 0 fully saturated rings. The second kappa shape index (κ2) is 11.8. The van der Waals surface area contributed by atoms with Gasteiger partial charge in [0.05, 0.1) is 11.1 Å². The van der Waals surface area contributed by atoms with Crippen molar-refractivity contribution in [1.29, 1.82) is 0 Å². The first-order valence-corrected chi connectivity index (χ1v) is 11.3. The van der Waals surface area contributed by atoms with Crippen molar-refractivity contribution in [3.63, 3.8) is 0 Å². The highest BCUT2D eigenvalue weighted by molar-refractivity contribution is 5.93. The number of para-hydroxylation sites is 2. The van der Waals surface area contributed by atoms with Gasteiger partial charge in [-0.25, -0.2) is 9.59 Å². The Balaban J connectivity index is 1.66. The third-order valence-electron chi connectivity index (χ3n) is 5.27. The van der Waals surface area contributed by atoms with E-state index >= 15 is 0 Å². The standard InChI is InChI=1S/C28H30O4/c1-3-5-9-21-13-17-23(18-14-21)27(29)31-25-11-7-8-12-26(25)32-28(30)24-19-15-22(16-20-24)10-6-4-2/h7-8,11-20H,3-6,9-10H2,1-2H3. The van der Waals surface area contributed by atoms with Crippen molar-refractivity contribution in [3.8, 4) is 11.5 Å². The van der Waals surface area contributed by atoms with Crippen molar-refractivity contribution in [2.75, 3.05) is 0 Å². The molecule has 0 aliphatic carbocycles. The second-order valence-corrected chi connectivity index (χ2v) is 7.83. The first-order chi connectivity index (χ1) is 15.6. The molecular formula is C28H30O4. The van der Waals surface area contributed by atoms with E-state index in [2.05, 4.69) is 13.8 Å². The molecule has 4 heteroatoms. The number of carbonyl (C=O) groups is 2. The van der Waals surface area contributed by atoms with Gasteiger partial charge in [0.1, 0.15) is 0 Å². The van der Waals surface area contributed by atoms with Crippen molar-refractivity contribution < 1.29 is 19.1 Å². The molecule has 0 amide bonds. The number of aryl methyl sites for hydroxylation is 2. The lowest BCUT2D eigenvalue weighted by Gasteiger charge is -2.11. The minimum absolute atomic E-state index is 0.209. The minimum atomic E-state index is -0.490. The van der Waals surface area contributed by atoms with Crippen LogP contribution in [0.25, 0.3) is 0 Å². The van der Waals surface area contributed by atoms with Crippen LogP contribution in [-0.2, 0) is 12.8 Å². The Morgan fingerprint density at radius 3 is 1.31 bits per heavy atom. The van der Waals surface area contributed by atoms with Gasteiger partial charge in [0.25, 0.3) is 0 Å². The highest BCUT2D eigenvalue weighted by Crippen LogP contribution is 2.28. The van der Waals surface area contributed by atoms with Gasteiger partial charge in [0, 0.05) is 0 Å². The molecule has 166 valence electrons. The number of hydrogen-bond donors (Lipinski definition) is 0. The molecule has 0 aliphatic rings. The summed E-state index contributed by atoms with van der Waals surface area (Å²) in [7, 11) is 0. The molecule has 0 aliphatic heterocycles. The van der Waals surface area contributed by atoms with Crippen LogP contribution < -0.4 is 9.47 Å². The van der Waals surface area contributed by atoms with Crippen LogP contribution in [0, 0.1) is 0 Å². The van der Waals surface area contributed by atoms with Crippen molar-refractivity contribution >= 4 is 11.9 Å². The molecule has 3 rings (SSSR count). The zero-order valence-electron chi connectivity index (χ0n) is 18.8. The molecule has 0 radical (unpaired) electrons. The van der Waals surface area contributed by atoms with E-state index in [-0.39, 0.29) is 11.5 Å². The van der Waals surface area contributed by atoms with Gasteiger partial charge < -0.3 is 9.47 Å². The average molecular weight is 431 g/mol. The summed E-state index contributed by atoms with van der Waals surface area (Å²) in [6, 6.07) is 21.5. The summed E-state index contributed by atoms with van der Waals surface area (Å²) < 4.78 is 11.1. The first-order valence-electron chi connectivity index (χ1n) is 11.3. The lowest BCUT2D eigenvalue weighted by atomic mass is 10.1. The smallest absolute Gasteiger partial charge is 0.343 e. The van der Waals surface area contributed by atoms with Gasteiger partial charge in [-0.2, -0.15) is 0 Å². The molecular weight excluding hydrogens is 400 g/mol. The molecule has 0 spiro atoms. The zero-order valence-corrected chi connectivity index (χ0v) is 18.8. The number of ether oxygens (including phenoxy) is 2. The summed E-state index contributed by atoms with van der Waals surface area (Å²) in [6.45, 7) is 4.30. The summed E-state index contributed by atoms with van der Waals surface area (Å²) in [5.74, 6) is -0.562. The minimum Gasteiger partial charge on any atom is -0.419 e. The Morgan fingerprint density at radius 1 is 0.594 bits per heavy atom. The molecule has 0 atom stereocenters. The number of benzene rings is 3. The van der Waals surface area contributed by atoms with Crippen LogP contribution in [0.4, 0.5) is 0 Å². The monoisotopic (exact) mass is 430 g/mol. The first kappa shape index (κ1) is 23.3. The molecule has 0 N–H and O–H groups in total. The Labute approximate surface area is 190 Å². The molecule has 0 aromatic heterocycles. The van der Waals surface area contributed by atoms with Crippen molar-refractivity contribution in [2.45, 2.75) is 52.4 Å². The Hall–Kier alpha value is -3.40. The number of carbonyl (C=O) groups excluding carboxylic acids is 2. The highest BCUT2D eigenvalue weighted by Gasteiger charge is 2.16. The highest BCUT2D eigenvalue weighted by atomic mass is 16.6. The molecule has 0 saturated heterocycles. The number of hydrogen-bond acceptors (Lipinski definition) is 4. The van der Waals surface area contributed by atoms with Gasteiger partial charge in [-0.3, -0.25) is 0 Å². The topological polar surface area (TPSA) is 52.6 Å². The summed E-state index contributed by atoms with van der Waals surface area (Å²) in [6.07, 6.45) is 6.47. The van der Waals surface area contributed by atoms with Gasteiger partial charge in [0.2, 0.25) is 0 Å². The molecule has 0 unspecified atom stereocenters. The van der Waals surface area contributed by atoms with Crippen molar-refractivity contribution in [1.82, 2.24) is 0 Å². The van der Waals surface area contributed by atoms with Crippen molar-refractivity contribution in [3.05, 3.63) is 95.1 Å². The SMILES string of the molecule is CCCCc1ccc(C(=O)Oc2ccccc2OC(=O)c2ccc(CCCC)cc2)cc1. The predicted octanol–water partition coefficient (Wildman–Crippen LogP) is 6.81. The Kier molecular flexibility index (Phi) is 8.61. The molecule has 4 nitrogen and oxygen atoms in total. The number of rotatable bonds is 10. The molecule has 0 saturated carbocycles. The fourth-order valence-corrected chi connectivity index (χ4v) is 3.31. The van der Waals surface area contributed by atoms with Crippen LogP contribution >= 0.6 is 0 Å².